The molecule has 0 aromatic carbocycles. The van der Waals surface area contributed by atoms with Crippen molar-refractivity contribution in [3.63, 3.8) is 0 Å². The van der Waals surface area contributed by atoms with Crippen LogP contribution in [-0.4, -0.2) is 23.6 Å². The number of hydrogen-bond acceptors (Lipinski definition) is 4. The summed E-state index contributed by atoms with van der Waals surface area (Å²) in [5.74, 6) is 0. The molecule has 1 aliphatic carbocycles. The van der Waals surface area contributed by atoms with Crippen LogP contribution in [0, 0.1) is 0 Å². The smallest absolute Gasteiger partial charge is 0.0937 e. The fourth-order valence-corrected chi connectivity index (χ4v) is 2.70. The van der Waals surface area contributed by atoms with Gasteiger partial charge in [0.25, 0.3) is 0 Å². The molecule has 1 aromatic rings. The van der Waals surface area contributed by atoms with Gasteiger partial charge in [0.05, 0.1) is 5.01 Å². The first kappa shape index (κ1) is 11.0. The third-order valence-corrected chi connectivity index (χ3v) is 3.87. The Morgan fingerprint density at radius 1 is 1.40 bits per heavy atom. The molecule has 4 heteroatoms. The molecule has 1 aromatic heterocycles. The molecule has 0 unspecified atom stereocenters. The lowest BCUT2D eigenvalue weighted by atomic mass is 9.92. The van der Waals surface area contributed by atoms with E-state index < -0.39 is 0 Å². The van der Waals surface area contributed by atoms with Crippen LogP contribution in [0.1, 0.15) is 30.7 Å². The van der Waals surface area contributed by atoms with Crippen molar-refractivity contribution >= 4 is 11.3 Å². The molecule has 2 rings (SSSR count). The van der Waals surface area contributed by atoms with Crippen LogP contribution in [0.15, 0.2) is 11.6 Å². The van der Waals surface area contributed by atoms with Crippen LogP contribution in [0.3, 0.4) is 0 Å². The number of nitrogens with zero attached hydrogens (tertiary/aromatic N) is 1. The molecule has 0 amide bonds. The van der Waals surface area contributed by atoms with E-state index in [0.29, 0.717) is 12.1 Å². The van der Waals surface area contributed by atoms with E-state index >= 15 is 0 Å². The van der Waals surface area contributed by atoms with Crippen molar-refractivity contribution in [3.05, 3.63) is 16.6 Å². The van der Waals surface area contributed by atoms with Crippen LogP contribution in [0.5, 0.6) is 0 Å². The van der Waals surface area contributed by atoms with E-state index in [9.17, 15) is 0 Å². The average Bonchev–Trinajstić information content (AvgIpc) is 2.74. The van der Waals surface area contributed by atoms with Gasteiger partial charge < -0.3 is 11.1 Å². The molecule has 3 N–H and O–H groups in total. The molecular formula is C11H19N3S. The Bertz CT molecular complexity index is 265. The summed E-state index contributed by atoms with van der Waals surface area (Å²) in [6, 6.07) is 1.13. The maximum Gasteiger partial charge on any atom is 0.0937 e. The number of hydrogen-bond donors (Lipinski definition) is 2. The van der Waals surface area contributed by atoms with Crippen LogP contribution >= 0.6 is 11.3 Å². The van der Waals surface area contributed by atoms with Crippen LogP contribution in [0.4, 0.5) is 0 Å². The quantitative estimate of drug-likeness (QED) is 0.817. The molecule has 15 heavy (non-hydrogen) atoms. The van der Waals surface area contributed by atoms with Crippen molar-refractivity contribution < 1.29 is 0 Å². The van der Waals surface area contributed by atoms with Gasteiger partial charge in [0.1, 0.15) is 0 Å². The summed E-state index contributed by atoms with van der Waals surface area (Å²) in [5.41, 5.74) is 5.87. The van der Waals surface area contributed by atoms with Gasteiger partial charge in [0.2, 0.25) is 0 Å². The van der Waals surface area contributed by atoms with Gasteiger partial charge >= 0.3 is 0 Å². The first-order valence-corrected chi connectivity index (χ1v) is 6.60. The van der Waals surface area contributed by atoms with E-state index in [2.05, 4.69) is 10.3 Å². The van der Waals surface area contributed by atoms with Gasteiger partial charge in [-0.3, -0.25) is 0 Å². The molecule has 0 radical (unpaired) electrons. The molecule has 0 bridgehead atoms. The fraction of sp³-hybridized carbons (Fsp3) is 0.727. The minimum absolute atomic E-state index is 0.446. The number of nitrogens with one attached hydrogen (secondary N) is 1. The Labute approximate surface area is 95.1 Å². The van der Waals surface area contributed by atoms with Crippen molar-refractivity contribution in [2.24, 2.45) is 5.73 Å². The van der Waals surface area contributed by atoms with Crippen molar-refractivity contribution in [2.75, 3.05) is 6.54 Å². The second kappa shape index (κ2) is 5.58. The van der Waals surface area contributed by atoms with Crippen molar-refractivity contribution in [3.8, 4) is 0 Å². The monoisotopic (exact) mass is 225 g/mol. The largest absolute Gasteiger partial charge is 0.328 e. The molecule has 84 valence electrons. The number of nitrogens with two attached hydrogens (primary N) is 1. The van der Waals surface area contributed by atoms with E-state index in [1.165, 1.54) is 30.7 Å². The molecule has 1 heterocycles. The normalized spacial score (nSPS) is 26.7. The molecule has 1 aliphatic rings. The maximum absolute atomic E-state index is 5.87. The highest BCUT2D eigenvalue weighted by atomic mass is 32.1. The van der Waals surface area contributed by atoms with Crippen molar-refractivity contribution in [1.29, 1.82) is 0 Å². The third kappa shape index (κ3) is 3.55. The minimum Gasteiger partial charge on any atom is -0.328 e. The highest BCUT2D eigenvalue weighted by Crippen LogP contribution is 2.16. The van der Waals surface area contributed by atoms with Gasteiger partial charge in [-0.25, -0.2) is 4.98 Å². The highest BCUT2D eigenvalue weighted by molar-refractivity contribution is 7.09. The van der Waals surface area contributed by atoms with Gasteiger partial charge in [-0.2, -0.15) is 0 Å². The Morgan fingerprint density at radius 2 is 2.20 bits per heavy atom. The van der Waals surface area contributed by atoms with Crippen LogP contribution in [0.25, 0.3) is 0 Å². The minimum atomic E-state index is 0.446. The number of aromatic nitrogens is 1. The van der Waals surface area contributed by atoms with Crippen molar-refractivity contribution in [1.82, 2.24) is 10.3 Å². The van der Waals surface area contributed by atoms with Gasteiger partial charge in [-0.05, 0) is 25.7 Å². The summed E-state index contributed by atoms with van der Waals surface area (Å²) < 4.78 is 0. The van der Waals surface area contributed by atoms with Crippen LogP contribution < -0.4 is 11.1 Å². The Kier molecular flexibility index (Phi) is 4.11. The lowest BCUT2D eigenvalue weighted by Gasteiger charge is -2.26. The van der Waals surface area contributed by atoms with E-state index in [0.717, 1.165) is 13.0 Å². The molecule has 0 aliphatic heterocycles. The van der Waals surface area contributed by atoms with E-state index in [1.807, 2.05) is 11.6 Å². The molecule has 0 atom stereocenters. The number of rotatable bonds is 4. The van der Waals surface area contributed by atoms with E-state index in [4.69, 9.17) is 5.73 Å². The number of thiazole rings is 1. The Morgan fingerprint density at radius 3 is 2.87 bits per heavy atom. The summed E-state index contributed by atoms with van der Waals surface area (Å²) in [5, 5.41) is 6.86. The van der Waals surface area contributed by atoms with Crippen LogP contribution in [0.2, 0.25) is 0 Å². The first-order chi connectivity index (χ1) is 7.34. The molecule has 0 saturated heterocycles. The van der Waals surface area contributed by atoms with Gasteiger partial charge in [-0.1, -0.05) is 0 Å². The van der Waals surface area contributed by atoms with E-state index in [1.54, 1.807) is 11.3 Å². The standard InChI is InChI=1S/C11H19N3S/c12-9-1-3-10(4-2-9)13-6-5-11-14-7-8-15-11/h7-10,13H,1-6,12H2. The molecule has 0 spiro atoms. The SMILES string of the molecule is NC1CCC(NCCc2nccs2)CC1. The second-order valence-electron chi connectivity index (χ2n) is 4.24. The molecule has 1 fully saturated rings. The van der Waals surface area contributed by atoms with Gasteiger partial charge in [0, 0.05) is 36.6 Å². The predicted octanol–water partition coefficient (Wildman–Crippen LogP) is 1.55. The second-order valence-corrected chi connectivity index (χ2v) is 5.22. The molecular weight excluding hydrogens is 206 g/mol. The summed E-state index contributed by atoms with van der Waals surface area (Å²) in [6.07, 6.45) is 7.75. The average molecular weight is 225 g/mol. The fourth-order valence-electron chi connectivity index (χ4n) is 2.08. The topological polar surface area (TPSA) is 50.9 Å². The maximum atomic E-state index is 5.87. The summed E-state index contributed by atoms with van der Waals surface area (Å²) in [7, 11) is 0. The summed E-state index contributed by atoms with van der Waals surface area (Å²) in [4.78, 5) is 4.27. The van der Waals surface area contributed by atoms with Crippen LogP contribution in [-0.2, 0) is 6.42 Å². The summed E-state index contributed by atoms with van der Waals surface area (Å²) in [6.45, 7) is 1.05. The predicted molar refractivity (Wildman–Crippen MR) is 64.1 cm³/mol. The summed E-state index contributed by atoms with van der Waals surface area (Å²) >= 11 is 1.74. The van der Waals surface area contributed by atoms with Gasteiger partial charge in [0.15, 0.2) is 0 Å². The lowest BCUT2D eigenvalue weighted by molar-refractivity contribution is 0.344. The highest BCUT2D eigenvalue weighted by Gasteiger charge is 2.17. The Hall–Kier alpha value is -0.450. The Balaban J connectivity index is 1.62. The lowest BCUT2D eigenvalue weighted by Crippen LogP contribution is -2.38. The zero-order valence-electron chi connectivity index (χ0n) is 8.98. The van der Waals surface area contributed by atoms with Crippen molar-refractivity contribution in [2.45, 2.75) is 44.2 Å². The zero-order chi connectivity index (χ0) is 10.5. The van der Waals surface area contributed by atoms with E-state index in [-0.39, 0.29) is 0 Å². The van der Waals surface area contributed by atoms with Gasteiger partial charge in [-0.15, -0.1) is 11.3 Å². The molecule has 3 nitrogen and oxygen atoms in total. The third-order valence-electron chi connectivity index (χ3n) is 3.03. The first-order valence-electron chi connectivity index (χ1n) is 5.72. The molecule has 1 saturated carbocycles. The zero-order valence-corrected chi connectivity index (χ0v) is 9.80.